The molecule has 3 nitrogen and oxygen atoms in total. The van der Waals surface area contributed by atoms with Crippen LogP contribution in [-0.2, 0) is 13.1 Å². The van der Waals surface area contributed by atoms with E-state index in [0.29, 0.717) is 5.92 Å². The Morgan fingerprint density at radius 2 is 1.95 bits per heavy atom. The minimum atomic E-state index is 0.673. The van der Waals surface area contributed by atoms with Crippen LogP contribution in [0.25, 0.3) is 0 Å². The Hall–Kier alpha value is -0.800. The van der Waals surface area contributed by atoms with Gasteiger partial charge in [0, 0.05) is 12.1 Å². The summed E-state index contributed by atoms with van der Waals surface area (Å²) in [6, 6.07) is 2.10. The van der Waals surface area contributed by atoms with Crippen molar-refractivity contribution in [1.82, 2.24) is 10.2 Å². The molecule has 0 radical (unpaired) electrons. The molecule has 19 heavy (non-hydrogen) atoms. The third-order valence-corrected chi connectivity index (χ3v) is 3.20. The van der Waals surface area contributed by atoms with Crippen molar-refractivity contribution in [2.24, 2.45) is 11.8 Å². The Labute approximate surface area is 118 Å². The van der Waals surface area contributed by atoms with E-state index in [1.165, 1.54) is 12.0 Å². The summed E-state index contributed by atoms with van der Waals surface area (Å²) in [5, 5.41) is 3.44. The Morgan fingerprint density at radius 1 is 1.21 bits per heavy atom. The highest BCUT2D eigenvalue weighted by Gasteiger charge is 2.09. The fraction of sp³-hybridized carbons (Fsp3) is 0.750. The summed E-state index contributed by atoms with van der Waals surface area (Å²) in [6.45, 7) is 13.0. The first-order valence-electron chi connectivity index (χ1n) is 7.43. The van der Waals surface area contributed by atoms with Gasteiger partial charge in [-0.1, -0.05) is 27.7 Å². The van der Waals surface area contributed by atoms with Gasteiger partial charge in [0.25, 0.3) is 0 Å². The number of hydrogen-bond acceptors (Lipinski definition) is 3. The molecular weight excluding hydrogens is 236 g/mol. The van der Waals surface area contributed by atoms with Crippen LogP contribution in [0.3, 0.4) is 0 Å². The van der Waals surface area contributed by atoms with Crippen LogP contribution < -0.4 is 5.32 Å². The average molecular weight is 266 g/mol. The molecule has 0 aliphatic rings. The third kappa shape index (κ3) is 6.79. The van der Waals surface area contributed by atoms with Crippen molar-refractivity contribution in [2.75, 3.05) is 20.1 Å². The van der Waals surface area contributed by atoms with E-state index in [9.17, 15) is 0 Å². The van der Waals surface area contributed by atoms with E-state index in [1.807, 2.05) is 0 Å². The first kappa shape index (κ1) is 16.3. The van der Waals surface area contributed by atoms with Gasteiger partial charge in [-0.3, -0.25) is 0 Å². The van der Waals surface area contributed by atoms with Gasteiger partial charge in [0.1, 0.15) is 5.76 Å². The van der Waals surface area contributed by atoms with Crippen molar-refractivity contribution in [1.29, 1.82) is 0 Å². The Bertz CT molecular complexity index is 344. The lowest BCUT2D eigenvalue weighted by atomic mass is 10.1. The summed E-state index contributed by atoms with van der Waals surface area (Å²) < 4.78 is 5.58. The van der Waals surface area contributed by atoms with Gasteiger partial charge in [-0.2, -0.15) is 0 Å². The predicted molar refractivity (Wildman–Crippen MR) is 81.0 cm³/mol. The van der Waals surface area contributed by atoms with E-state index < -0.39 is 0 Å². The number of hydrogen-bond donors (Lipinski definition) is 1. The van der Waals surface area contributed by atoms with Crippen LogP contribution in [0.5, 0.6) is 0 Å². The first-order chi connectivity index (χ1) is 8.99. The molecular formula is C16H30N2O. The molecule has 3 heteroatoms. The van der Waals surface area contributed by atoms with Crippen LogP contribution in [-0.4, -0.2) is 25.0 Å². The van der Waals surface area contributed by atoms with Crippen LogP contribution in [0, 0.1) is 11.8 Å². The molecule has 1 N–H and O–H groups in total. The van der Waals surface area contributed by atoms with E-state index in [0.717, 1.165) is 37.9 Å². The molecule has 0 spiro atoms. The zero-order valence-electron chi connectivity index (χ0n) is 13.2. The molecule has 0 aliphatic heterocycles. The van der Waals surface area contributed by atoms with Crippen molar-refractivity contribution < 1.29 is 4.42 Å². The Balaban J connectivity index is 2.39. The van der Waals surface area contributed by atoms with E-state index in [-0.39, 0.29) is 0 Å². The molecule has 0 fully saturated rings. The summed E-state index contributed by atoms with van der Waals surface area (Å²) in [5.74, 6) is 2.52. The van der Waals surface area contributed by atoms with Crippen molar-refractivity contribution in [3.63, 3.8) is 0 Å². The highest BCUT2D eigenvalue weighted by atomic mass is 16.3. The second-order valence-electron chi connectivity index (χ2n) is 6.31. The molecule has 0 aromatic carbocycles. The normalized spacial score (nSPS) is 12.0. The smallest absolute Gasteiger partial charge is 0.122 e. The van der Waals surface area contributed by atoms with Gasteiger partial charge in [-0.05, 0) is 44.5 Å². The van der Waals surface area contributed by atoms with E-state index in [1.54, 1.807) is 6.26 Å². The van der Waals surface area contributed by atoms with Gasteiger partial charge in [-0.25, -0.2) is 0 Å². The molecule has 110 valence electrons. The van der Waals surface area contributed by atoms with Gasteiger partial charge in [0.05, 0.1) is 12.8 Å². The quantitative estimate of drug-likeness (QED) is 0.741. The van der Waals surface area contributed by atoms with Gasteiger partial charge in [-0.15, -0.1) is 0 Å². The van der Waals surface area contributed by atoms with E-state index in [2.05, 4.69) is 51.0 Å². The van der Waals surface area contributed by atoms with E-state index >= 15 is 0 Å². The van der Waals surface area contributed by atoms with Gasteiger partial charge in [0.2, 0.25) is 0 Å². The van der Waals surface area contributed by atoms with Crippen molar-refractivity contribution in [3.8, 4) is 0 Å². The average Bonchev–Trinajstić information content (AvgIpc) is 2.74. The van der Waals surface area contributed by atoms with E-state index in [4.69, 9.17) is 4.42 Å². The largest absolute Gasteiger partial charge is 0.468 e. The lowest BCUT2D eigenvalue weighted by molar-refractivity contribution is 0.300. The molecule has 0 saturated heterocycles. The number of nitrogens with zero attached hydrogens (tertiary/aromatic N) is 1. The van der Waals surface area contributed by atoms with Crippen LogP contribution >= 0.6 is 0 Å². The summed E-state index contributed by atoms with van der Waals surface area (Å²) in [4.78, 5) is 2.37. The second kappa shape index (κ2) is 8.39. The molecule has 0 bridgehead atoms. The highest BCUT2D eigenvalue weighted by molar-refractivity contribution is 5.16. The predicted octanol–water partition coefficient (Wildman–Crippen LogP) is 3.50. The molecule has 0 atom stereocenters. The summed E-state index contributed by atoms with van der Waals surface area (Å²) in [6.07, 6.45) is 3.05. The van der Waals surface area contributed by atoms with Crippen LogP contribution in [0.4, 0.5) is 0 Å². The highest BCUT2D eigenvalue weighted by Crippen LogP contribution is 2.13. The molecule has 1 aromatic rings. The van der Waals surface area contributed by atoms with Crippen LogP contribution in [0.1, 0.15) is 45.4 Å². The maximum atomic E-state index is 5.58. The fourth-order valence-corrected chi connectivity index (χ4v) is 1.99. The standard InChI is InChI=1S/C16H30N2O/c1-13(2)6-8-18(5)12-15-7-9-19-16(15)11-17-10-14(3)4/h7,9,13-14,17H,6,8,10-12H2,1-5H3. The monoisotopic (exact) mass is 266 g/mol. The Morgan fingerprint density at radius 3 is 2.58 bits per heavy atom. The summed E-state index contributed by atoms with van der Waals surface area (Å²) in [5.41, 5.74) is 1.31. The SMILES string of the molecule is CC(C)CCN(C)Cc1ccoc1CNCC(C)C. The second-order valence-corrected chi connectivity index (χ2v) is 6.31. The summed E-state index contributed by atoms with van der Waals surface area (Å²) >= 11 is 0. The molecule has 1 rings (SSSR count). The van der Waals surface area contributed by atoms with Gasteiger partial charge >= 0.3 is 0 Å². The topological polar surface area (TPSA) is 28.4 Å². The van der Waals surface area contributed by atoms with Crippen molar-refractivity contribution in [2.45, 2.75) is 47.2 Å². The first-order valence-corrected chi connectivity index (χ1v) is 7.43. The zero-order chi connectivity index (χ0) is 14.3. The lowest BCUT2D eigenvalue weighted by Crippen LogP contribution is -2.22. The van der Waals surface area contributed by atoms with Gasteiger partial charge < -0.3 is 14.6 Å². The maximum Gasteiger partial charge on any atom is 0.122 e. The maximum absolute atomic E-state index is 5.58. The zero-order valence-corrected chi connectivity index (χ0v) is 13.2. The lowest BCUT2D eigenvalue weighted by Gasteiger charge is -2.17. The van der Waals surface area contributed by atoms with Crippen LogP contribution in [0.2, 0.25) is 0 Å². The molecule has 0 amide bonds. The molecule has 0 aliphatic carbocycles. The fourth-order valence-electron chi connectivity index (χ4n) is 1.99. The van der Waals surface area contributed by atoms with Crippen molar-refractivity contribution >= 4 is 0 Å². The molecule has 1 aromatic heterocycles. The summed E-state index contributed by atoms with van der Waals surface area (Å²) in [7, 11) is 2.18. The third-order valence-electron chi connectivity index (χ3n) is 3.20. The molecule has 1 heterocycles. The Kier molecular flexibility index (Phi) is 7.17. The number of nitrogens with one attached hydrogen (secondary N) is 1. The minimum Gasteiger partial charge on any atom is -0.468 e. The van der Waals surface area contributed by atoms with Crippen LogP contribution in [0.15, 0.2) is 16.7 Å². The molecule has 0 saturated carbocycles. The number of furan rings is 1. The molecule has 0 unspecified atom stereocenters. The van der Waals surface area contributed by atoms with Crippen molar-refractivity contribution in [3.05, 3.63) is 23.7 Å². The van der Waals surface area contributed by atoms with Gasteiger partial charge in [0.15, 0.2) is 0 Å². The minimum absolute atomic E-state index is 0.673. The number of rotatable bonds is 9.